The maximum atomic E-state index is 13.4. The van der Waals surface area contributed by atoms with Crippen LogP contribution in [-0.4, -0.2) is 145 Å². The molecule has 408 valence electrons. The molecule has 1 N–H and O–H groups in total. The Balaban J connectivity index is 0.649. The lowest BCUT2D eigenvalue weighted by Gasteiger charge is -2.15. The van der Waals surface area contributed by atoms with Gasteiger partial charge in [0.25, 0.3) is 0 Å². The van der Waals surface area contributed by atoms with Crippen molar-refractivity contribution in [3.05, 3.63) is 146 Å². The van der Waals surface area contributed by atoms with Gasteiger partial charge in [-0.15, -0.1) is 20.4 Å². The van der Waals surface area contributed by atoms with Crippen LogP contribution in [0.4, 0.5) is 0 Å². The van der Waals surface area contributed by atoms with Crippen molar-refractivity contribution in [3.8, 4) is 17.1 Å². The van der Waals surface area contributed by atoms with E-state index >= 15 is 0 Å². The van der Waals surface area contributed by atoms with Crippen LogP contribution < -0.4 is 10.1 Å². The van der Waals surface area contributed by atoms with Crippen molar-refractivity contribution in [2.24, 2.45) is 9.98 Å². The molecule has 0 radical (unpaired) electrons. The van der Waals surface area contributed by atoms with E-state index in [0.29, 0.717) is 144 Å². The number of aromatic nitrogens is 6. The highest BCUT2D eigenvalue weighted by atomic mass is 35.5. The Bertz CT molecular complexity index is 2960. The number of hydrogen-bond donors (Lipinski definition) is 1. The van der Waals surface area contributed by atoms with Crippen LogP contribution in [0, 0.1) is 13.8 Å². The van der Waals surface area contributed by atoms with Gasteiger partial charge < -0.3 is 38.5 Å². The highest BCUT2D eigenvalue weighted by molar-refractivity contribution is 6.31. The molecule has 1 amide bonds. The highest BCUT2D eigenvalue weighted by Crippen LogP contribution is 2.36. The first-order valence-electron chi connectivity index (χ1n) is 26.3. The lowest BCUT2D eigenvalue weighted by atomic mass is 9.97. The van der Waals surface area contributed by atoms with E-state index in [4.69, 9.17) is 66.3 Å². The van der Waals surface area contributed by atoms with Gasteiger partial charge in [-0.2, -0.15) is 0 Å². The van der Waals surface area contributed by atoms with E-state index in [1.165, 1.54) is 5.56 Å². The minimum atomic E-state index is -0.564. The number of aryl methyl sites for hydroxylation is 3. The summed E-state index contributed by atoms with van der Waals surface area (Å²) >= 11 is 12.5. The Kier molecular flexibility index (Phi) is 21.4. The number of ketones is 1. The van der Waals surface area contributed by atoms with Gasteiger partial charge in [-0.25, -0.2) is 0 Å². The largest absolute Gasteiger partial charge is 0.491 e. The maximum absolute atomic E-state index is 13.4. The second kappa shape index (κ2) is 29.0. The quantitative estimate of drug-likeness (QED) is 0.0407. The fourth-order valence-corrected chi connectivity index (χ4v) is 9.28. The van der Waals surface area contributed by atoms with Crippen LogP contribution in [0.2, 0.25) is 10.0 Å². The second-order valence-corrected chi connectivity index (χ2v) is 19.2. The molecule has 4 heterocycles. The number of benzene rings is 4. The molecule has 0 bridgehead atoms. The van der Waals surface area contributed by atoms with Crippen LogP contribution in [0.5, 0.6) is 5.75 Å². The zero-order chi connectivity index (χ0) is 53.9. The standard InChI is InChI=1S/C57H67Cl2N9O9/c1-5-40-9-19-51-47(34-40)54(41-10-14-43(58)15-11-41)61-49(56-65-63-38(3)67(51)56)35-45(69)8-7-21-71-22-23-72-24-25-73-26-27-74-28-29-75-30-31-76-32-33-77-46-18-20-52-48(36-46)55(42-12-16-44(59)17-13-42)62-50(37-53(70)60-6-2)57-66-64-39(4)68(52)57/h9-20,34,36,49-50H,5-8,21-33,35,37H2,1-4H3,(H,60,70). The topological polar surface area (TPSA) is 197 Å². The SMILES string of the molecule is CCNC(=O)CC1N=C(c2ccc(Cl)cc2)c2cc(OCCOCCOCCOCCOCCOCCOCCCC(=O)CC3N=C(c4ccc(Cl)cc4)c4cc(CC)ccc4-n4c(C)nnc43)ccc2-n2c(C)nnc21. The molecule has 6 aromatic rings. The number of rotatable bonds is 31. The molecule has 0 fully saturated rings. The monoisotopic (exact) mass is 1090 g/mol. The molecular weight excluding hydrogens is 1030 g/mol. The van der Waals surface area contributed by atoms with Gasteiger partial charge in [0.1, 0.15) is 41.9 Å². The Morgan fingerprint density at radius 2 is 1.00 bits per heavy atom. The van der Waals surface area contributed by atoms with E-state index in [1.807, 2.05) is 96.6 Å². The van der Waals surface area contributed by atoms with E-state index < -0.39 is 12.1 Å². The number of fused-ring (bicyclic) bond motifs is 6. The Morgan fingerprint density at radius 3 is 1.49 bits per heavy atom. The van der Waals surface area contributed by atoms with Gasteiger partial charge in [-0.1, -0.05) is 60.5 Å². The van der Waals surface area contributed by atoms with Gasteiger partial charge in [-0.05, 0) is 93.8 Å². The van der Waals surface area contributed by atoms with Crippen molar-refractivity contribution in [2.75, 3.05) is 92.4 Å². The number of ether oxygens (including phenoxy) is 7. The van der Waals surface area contributed by atoms with Crippen LogP contribution in [-0.2, 0) is 44.4 Å². The molecule has 2 aliphatic heterocycles. The Morgan fingerprint density at radius 1 is 0.545 bits per heavy atom. The number of carbonyl (C=O) groups is 2. The van der Waals surface area contributed by atoms with E-state index in [9.17, 15) is 9.59 Å². The predicted octanol–water partition coefficient (Wildman–Crippen LogP) is 8.56. The average Bonchev–Trinajstić information content (AvgIpc) is 3.98. The van der Waals surface area contributed by atoms with E-state index in [0.717, 1.165) is 51.6 Å². The van der Waals surface area contributed by atoms with Crippen molar-refractivity contribution >= 4 is 46.3 Å². The fourth-order valence-electron chi connectivity index (χ4n) is 9.03. The van der Waals surface area contributed by atoms with Gasteiger partial charge in [0.05, 0.1) is 102 Å². The third-order valence-electron chi connectivity index (χ3n) is 12.8. The summed E-state index contributed by atoms with van der Waals surface area (Å²) in [5, 5.41) is 21.8. The van der Waals surface area contributed by atoms with Crippen molar-refractivity contribution < 1.29 is 42.7 Å². The molecule has 18 nitrogen and oxygen atoms in total. The van der Waals surface area contributed by atoms with Gasteiger partial charge in [0, 0.05) is 58.3 Å². The minimum Gasteiger partial charge on any atom is -0.491 e. The van der Waals surface area contributed by atoms with Gasteiger partial charge >= 0.3 is 0 Å². The zero-order valence-corrected chi connectivity index (χ0v) is 45.7. The van der Waals surface area contributed by atoms with E-state index in [2.05, 4.69) is 50.8 Å². The molecule has 4 aromatic carbocycles. The smallest absolute Gasteiger partial charge is 0.222 e. The normalized spacial score (nSPS) is 14.6. The summed E-state index contributed by atoms with van der Waals surface area (Å²) in [6.45, 7) is 13.8. The zero-order valence-electron chi connectivity index (χ0n) is 44.2. The number of nitrogens with zero attached hydrogens (tertiary/aromatic N) is 8. The molecule has 20 heteroatoms. The lowest BCUT2D eigenvalue weighted by Crippen LogP contribution is -2.25. The number of amides is 1. The van der Waals surface area contributed by atoms with Crippen LogP contribution in [0.25, 0.3) is 11.4 Å². The average molecular weight is 1090 g/mol. The number of carbonyl (C=O) groups excluding carboxylic acids is 2. The third-order valence-corrected chi connectivity index (χ3v) is 13.3. The first-order chi connectivity index (χ1) is 37.6. The summed E-state index contributed by atoms with van der Waals surface area (Å²) in [4.78, 5) is 36.5. The summed E-state index contributed by atoms with van der Waals surface area (Å²) < 4.78 is 44.2. The number of hydrogen-bond acceptors (Lipinski definition) is 15. The minimum absolute atomic E-state index is 0.0798. The first-order valence-corrected chi connectivity index (χ1v) is 27.0. The molecule has 2 atom stereocenters. The molecule has 0 saturated heterocycles. The van der Waals surface area contributed by atoms with E-state index in [1.54, 1.807) is 0 Å². The number of Topliss-reactive ketones (excluding diaryl/α,β-unsaturated/α-hetero) is 1. The number of halogens is 2. The Hall–Kier alpha value is -6.22. The number of nitrogens with one attached hydrogen (secondary N) is 1. The lowest BCUT2D eigenvalue weighted by molar-refractivity contribution is -0.121. The molecule has 2 aromatic heterocycles. The number of aliphatic imine (C=N–C) groups is 2. The van der Waals surface area contributed by atoms with Crippen molar-refractivity contribution in [2.45, 2.75) is 71.9 Å². The molecular formula is C57H67Cl2N9O9. The Labute approximate surface area is 459 Å². The van der Waals surface area contributed by atoms with Gasteiger partial charge in [0.2, 0.25) is 5.91 Å². The van der Waals surface area contributed by atoms with Crippen molar-refractivity contribution in [1.29, 1.82) is 0 Å². The van der Waals surface area contributed by atoms with Gasteiger partial charge in [-0.3, -0.25) is 28.7 Å². The van der Waals surface area contributed by atoms with Crippen LogP contribution in [0.15, 0.2) is 94.9 Å². The first kappa shape index (κ1) is 57.0. The molecule has 0 aliphatic carbocycles. The van der Waals surface area contributed by atoms with Crippen molar-refractivity contribution in [3.63, 3.8) is 0 Å². The van der Waals surface area contributed by atoms with Crippen LogP contribution >= 0.6 is 23.2 Å². The molecule has 8 rings (SSSR count). The van der Waals surface area contributed by atoms with E-state index in [-0.39, 0.29) is 24.5 Å². The summed E-state index contributed by atoms with van der Waals surface area (Å²) in [6.07, 6.45) is 2.14. The fraction of sp³-hybridized carbons (Fsp3) is 0.439. The molecule has 0 spiro atoms. The molecule has 0 saturated carbocycles. The maximum Gasteiger partial charge on any atom is 0.222 e. The highest BCUT2D eigenvalue weighted by Gasteiger charge is 2.32. The molecule has 77 heavy (non-hydrogen) atoms. The van der Waals surface area contributed by atoms with Crippen molar-refractivity contribution in [1.82, 2.24) is 34.8 Å². The molecule has 2 unspecified atom stereocenters. The molecule has 2 aliphatic rings. The van der Waals surface area contributed by atoms with Gasteiger partial charge in [0.15, 0.2) is 11.6 Å². The predicted molar refractivity (Wildman–Crippen MR) is 294 cm³/mol. The third kappa shape index (κ3) is 15.5. The second-order valence-electron chi connectivity index (χ2n) is 18.3. The van der Waals surface area contributed by atoms with Crippen LogP contribution in [0.1, 0.15) is 103 Å². The van der Waals surface area contributed by atoms with Crippen LogP contribution in [0.3, 0.4) is 0 Å². The summed E-state index contributed by atoms with van der Waals surface area (Å²) in [5.41, 5.74) is 8.00. The summed E-state index contributed by atoms with van der Waals surface area (Å²) in [7, 11) is 0. The summed E-state index contributed by atoms with van der Waals surface area (Å²) in [6, 6.07) is 26.2. The summed E-state index contributed by atoms with van der Waals surface area (Å²) in [5.74, 6) is 3.26.